The second kappa shape index (κ2) is 7.88. The van der Waals surface area contributed by atoms with Crippen LogP contribution >= 0.6 is 0 Å². The van der Waals surface area contributed by atoms with Gasteiger partial charge in [0.15, 0.2) is 11.5 Å². The van der Waals surface area contributed by atoms with Gasteiger partial charge >= 0.3 is 0 Å². The highest BCUT2D eigenvalue weighted by molar-refractivity contribution is 5.95. The number of benzene rings is 1. The van der Waals surface area contributed by atoms with Gasteiger partial charge in [-0.25, -0.2) is 0 Å². The van der Waals surface area contributed by atoms with Crippen molar-refractivity contribution in [3.8, 4) is 11.5 Å². The highest BCUT2D eigenvalue weighted by Gasteiger charge is 2.27. The first-order valence-corrected chi connectivity index (χ1v) is 9.08. The average Bonchev–Trinajstić information content (AvgIpc) is 3.14. The molecule has 3 rings (SSSR count). The molecule has 1 aromatic carbocycles. The Kier molecular flexibility index (Phi) is 5.61. The summed E-state index contributed by atoms with van der Waals surface area (Å²) in [5.41, 5.74) is 6.49. The normalized spacial score (nSPS) is 21.8. The number of methoxy groups -OCH3 is 1. The van der Waals surface area contributed by atoms with Crippen LogP contribution in [0.4, 0.5) is 0 Å². The Labute approximate surface area is 144 Å². The number of carbonyl (C=O) groups is 1. The molecule has 1 aliphatic heterocycles. The summed E-state index contributed by atoms with van der Waals surface area (Å²) in [7, 11) is 1.62. The van der Waals surface area contributed by atoms with Gasteiger partial charge in [-0.3, -0.25) is 4.79 Å². The molecule has 1 aromatic rings. The predicted octanol–water partition coefficient (Wildman–Crippen LogP) is 2.97. The van der Waals surface area contributed by atoms with Gasteiger partial charge in [0.2, 0.25) is 0 Å². The summed E-state index contributed by atoms with van der Waals surface area (Å²) in [6, 6.07) is 5.66. The van der Waals surface area contributed by atoms with Gasteiger partial charge in [0, 0.05) is 24.7 Å². The molecule has 1 saturated carbocycles. The lowest BCUT2D eigenvalue weighted by atomic mass is 10.0. The van der Waals surface area contributed by atoms with E-state index < -0.39 is 0 Å². The van der Waals surface area contributed by atoms with E-state index in [1.165, 1.54) is 12.8 Å². The fourth-order valence-corrected chi connectivity index (χ4v) is 3.76. The largest absolute Gasteiger partial charge is 0.493 e. The smallest absolute Gasteiger partial charge is 0.254 e. The van der Waals surface area contributed by atoms with Gasteiger partial charge in [-0.15, -0.1) is 0 Å². The first-order chi connectivity index (χ1) is 11.7. The Bertz CT molecular complexity index is 570. The third kappa shape index (κ3) is 3.66. The van der Waals surface area contributed by atoms with Crippen molar-refractivity contribution in [2.75, 3.05) is 20.2 Å². The molecule has 1 atom stereocenters. The van der Waals surface area contributed by atoms with Crippen LogP contribution < -0.4 is 15.2 Å². The molecule has 5 heteroatoms. The van der Waals surface area contributed by atoms with Crippen molar-refractivity contribution < 1.29 is 14.3 Å². The average molecular weight is 332 g/mol. The van der Waals surface area contributed by atoms with Crippen molar-refractivity contribution in [3.63, 3.8) is 0 Å². The maximum absolute atomic E-state index is 12.9. The zero-order valence-corrected chi connectivity index (χ0v) is 14.5. The van der Waals surface area contributed by atoms with Crippen LogP contribution in [0.5, 0.6) is 11.5 Å². The molecule has 2 N–H and O–H groups in total. The molecule has 0 radical (unpaired) electrons. The summed E-state index contributed by atoms with van der Waals surface area (Å²) in [5, 5.41) is 0. The van der Waals surface area contributed by atoms with Crippen molar-refractivity contribution in [2.24, 2.45) is 5.73 Å². The van der Waals surface area contributed by atoms with Gasteiger partial charge in [0.05, 0.1) is 13.2 Å². The molecular formula is C19H28N2O3. The van der Waals surface area contributed by atoms with E-state index in [0.717, 1.165) is 44.4 Å². The monoisotopic (exact) mass is 332 g/mol. The Balaban J connectivity index is 1.76. The lowest BCUT2D eigenvalue weighted by molar-refractivity contribution is 0.0623. The Morgan fingerprint density at radius 1 is 1.17 bits per heavy atom. The molecule has 0 aromatic heterocycles. The number of hydrogen-bond acceptors (Lipinski definition) is 4. The fraction of sp³-hybridized carbons (Fsp3) is 0.632. The minimum Gasteiger partial charge on any atom is -0.493 e. The minimum absolute atomic E-state index is 0.0378. The Morgan fingerprint density at radius 2 is 1.92 bits per heavy atom. The van der Waals surface area contributed by atoms with Crippen LogP contribution in [-0.2, 0) is 0 Å². The van der Waals surface area contributed by atoms with Gasteiger partial charge in [0.1, 0.15) is 0 Å². The molecule has 2 aliphatic rings. The van der Waals surface area contributed by atoms with Crippen LogP contribution in [0.25, 0.3) is 0 Å². The lowest BCUT2D eigenvalue weighted by Gasteiger charge is -2.35. The molecule has 1 aliphatic carbocycles. The maximum atomic E-state index is 12.9. The van der Waals surface area contributed by atoms with E-state index in [1.54, 1.807) is 13.2 Å². The molecule has 24 heavy (non-hydrogen) atoms. The quantitative estimate of drug-likeness (QED) is 0.900. The number of ether oxygens (including phenoxy) is 2. The van der Waals surface area contributed by atoms with Gasteiger partial charge in [-0.1, -0.05) is 0 Å². The van der Waals surface area contributed by atoms with Crippen LogP contribution in [0.15, 0.2) is 18.2 Å². The molecule has 2 fully saturated rings. The van der Waals surface area contributed by atoms with Crippen LogP contribution in [0.3, 0.4) is 0 Å². The van der Waals surface area contributed by atoms with Crippen LogP contribution in [0.1, 0.15) is 55.3 Å². The van der Waals surface area contributed by atoms with Crippen LogP contribution in [0.2, 0.25) is 0 Å². The van der Waals surface area contributed by atoms with E-state index in [2.05, 4.69) is 0 Å². The summed E-state index contributed by atoms with van der Waals surface area (Å²) < 4.78 is 11.5. The first kappa shape index (κ1) is 17.1. The molecular weight excluding hydrogens is 304 g/mol. The molecule has 0 bridgehead atoms. The van der Waals surface area contributed by atoms with Gasteiger partial charge in [-0.2, -0.15) is 0 Å². The van der Waals surface area contributed by atoms with Crippen molar-refractivity contribution in [3.05, 3.63) is 23.8 Å². The number of amides is 1. The maximum Gasteiger partial charge on any atom is 0.254 e. The highest BCUT2D eigenvalue weighted by Crippen LogP contribution is 2.33. The summed E-state index contributed by atoms with van der Waals surface area (Å²) in [5.74, 6) is 1.40. The number of nitrogens with zero attached hydrogens (tertiary/aromatic N) is 1. The summed E-state index contributed by atoms with van der Waals surface area (Å²) in [6.07, 6.45) is 8.07. The Hall–Kier alpha value is -1.75. The van der Waals surface area contributed by atoms with Crippen molar-refractivity contribution in [1.82, 2.24) is 4.90 Å². The fourth-order valence-electron chi connectivity index (χ4n) is 3.76. The van der Waals surface area contributed by atoms with Crippen LogP contribution in [0, 0.1) is 0 Å². The first-order valence-electron chi connectivity index (χ1n) is 9.08. The van der Waals surface area contributed by atoms with Crippen LogP contribution in [-0.4, -0.2) is 43.2 Å². The number of piperidine rings is 1. The molecule has 0 spiro atoms. The topological polar surface area (TPSA) is 64.8 Å². The van der Waals surface area contributed by atoms with Gasteiger partial charge in [0.25, 0.3) is 5.91 Å². The van der Waals surface area contributed by atoms with E-state index in [4.69, 9.17) is 15.2 Å². The summed E-state index contributed by atoms with van der Waals surface area (Å²) in [4.78, 5) is 14.8. The second-order valence-corrected chi connectivity index (χ2v) is 6.77. The van der Waals surface area contributed by atoms with E-state index in [0.29, 0.717) is 17.9 Å². The van der Waals surface area contributed by atoms with E-state index in [1.807, 2.05) is 17.0 Å². The summed E-state index contributed by atoms with van der Waals surface area (Å²) in [6.45, 7) is 1.30. The predicted molar refractivity (Wildman–Crippen MR) is 93.6 cm³/mol. The second-order valence-electron chi connectivity index (χ2n) is 6.77. The van der Waals surface area contributed by atoms with Gasteiger partial charge < -0.3 is 20.1 Å². The van der Waals surface area contributed by atoms with E-state index >= 15 is 0 Å². The zero-order chi connectivity index (χ0) is 16.9. The summed E-state index contributed by atoms with van der Waals surface area (Å²) >= 11 is 0. The van der Waals surface area contributed by atoms with Gasteiger partial charge in [-0.05, 0) is 63.1 Å². The SMILES string of the molecule is COc1cc(C(=O)N2CCCCC2CN)ccc1OC1CCCC1. The minimum atomic E-state index is 0.0378. The number of nitrogens with two attached hydrogens (primary N) is 1. The molecule has 1 saturated heterocycles. The molecule has 1 heterocycles. The number of rotatable bonds is 5. The van der Waals surface area contributed by atoms with E-state index in [-0.39, 0.29) is 18.1 Å². The van der Waals surface area contributed by atoms with Crippen molar-refractivity contribution >= 4 is 5.91 Å². The molecule has 5 nitrogen and oxygen atoms in total. The van der Waals surface area contributed by atoms with Crippen molar-refractivity contribution in [2.45, 2.75) is 57.1 Å². The number of likely N-dealkylation sites (tertiary alicyclic amines) is 1. The third-order valence-electron chi connectivity index (χ3n) is 5.17. The standard InChI is InChI=1S/C19H28N2O3/c1-23-18-12-14(9-10-17(18)24-16-7-2-3-8-16)19(22)21-11-5-4-6-15(21)13-20/h9-10,12,15-16H,2-8,11,13,20H2,1H3. The van der Waals surface area contributed by atoms with E-state index in [9.17, 15) is 4.79 Å². The molecule has 132 valence electrons. The molecule has 1 unspecified atom stereocenters. The number of carbonyl (C=O) groups excluding carboxylic acids is 1. The lowest BCUT2D eigenvalue weighted by Crippen LogP contribution is -2.47. The third-order valence-corrected chi connectivity index (χ3v) is 5.17. The highest BCUT2D eigenvalue weighted by atomic mass is 16.5. The van der Waals surface area contributed by atoms with Crippen molar-refractivity contribution in [1.29, 1.82) is 0 Å². The number of hydrogen-bond donors (Lipinski definition) is 1. The molecule has 1 amide bonds. The zero-order valence-electron chi connectivity index (χ0n) is 14.5. The Morgan fingerprint density at radius 3 is 2.62 bits per heavy atom.